The normalized spacial score (nSPS) is 10.6. The Morgan fingerprint density at radius 2 is 1.89 bits per heavy atom. The molecule has 0 atom stereocenters. The lowest BCUT2D eigenvalue weighted by Gasteiger charge is -1.87. The smallest absolute Gasteiger partial charge is 0.0536 e. The van der Waals surface area contributed by atoms with E-state index >= 15 is 0 Å². The summed E-state index contributed by atoms with van der Waals surface area (Å²) >= 11 is 0. The molecule has 1 heteroatoms. The van der Waals surface area contributed by atoms with E-state index in [0.29, 0.717) is 5.71 Å². The third kappa shape index (κ3) is 3.47. The summed E-state index contributed by atoms with van der Waals surface area (Å²) in [6, 6.07) is 0. The summed E-state index contributed by atoms with van der Waals surface area (Å²) < 4.78 is 0. The van der Waals surface area contributed by atoms with Crippen LogP contribution in [0.1, 0.15) is 6.92 Å². The number of nitrogens with one attached hydrogen (secondary N) is 1. The fraction of sp³-hybridized carbons (Fsp3) is 0.125. The third-order valence-electron chi connectivity index (χ3n) is 0.925. The van der Waals surface area contributed by atoms with E-state index in [1.165, 1.54) is 6.08 Å². The van der Waals surface area contributed by atoms with Crippen molar-refractivity contribution in [3.63, 3.8) is 0 Å². The van der Waals surface area contributed by atoms with Crippen molar-refractivity contribution in [1.82, 2.24) is 0 Å². The van der Waals surface area contributed by atoms with Crippen LogP contribution in [0, 0.1) is 5.41 Å². The van der Waals surface area contributed by atoms with Crippen LogP contribution in [0.3, 0.4) is 0 Å². The van der Waals surface area contributed by atoms with Crippen molar-refractivity contribution in [2.75, 3.05) is 0 Å². The molecule has 0 rings (SSSR count). The lowest BCUT2D eigenvalue weighted by molar-refractivity contribution is 1.49. The van der Waals surface area contributed by atoms with Gasteiger partial charge >= 0.3 is 0 Å². The number of allylic oxidation sites excluding steroid dienone is 4. The minimum atomic E-state index is 0.424. The zero-order valence-electron chi connectivity index (χ0n) is 5.65. The van der Waals surface area contributed by atoms with Crippen molar-refractivity contribution >= 4 is 5.71 Å². The summed E-state index contributed by atoms with van der Waals surface area (Å²) in [6.45, 7) is 8.89. The van der Waals surface area contributed by atoms with Crippen LogP contribution in [-0.2, 0) is 0 Å². The van der Waals surface area contributed by atoms with Gasteiger partial charge in [0, 0.05) is 0 Å². The van der Waals surface area contributed by atoms with Crippen molar-refractivity contribution in [2.45, 2.75) is 6.92 Å². The molecule has 0 aromatic heterocycles. The van der Waals surface area contributed by atoms with Gasteiger partial charge in [0.15, 0.2) is 0 Å². The molecule has 0 bridgehead atoms. The zero-order chi connectivity index (χ0) is 7.28. The highest BCUT2D eigenvalue weighted by molar-refractivity contribution is 6.01. The molecule has 0 heterocycles. The molecule has 0 aliphatic rings. The Balaban J connectivity index is 4.10. The largest absolute Gasteiger partial charge is 0.301 e. The Kier molecular flexibility index (Phi) is 3.37. The van der Waals surface area contributed by atoms with Crippen molar-refractivity contribution in [3.8, 4) is 0 Å². The summed E-state index contributed by atoms with van der Waals surface area (Å²) in [5.74, 6) is 0. The molecule has 48 valence electrons. The van der Waals surface area contributed by atoms with Crippen molar-refractivity contribution in [3.05, 3.63) is 37.0 Å². The van der Waals surface area contributed by atoms with E-state index < -0.39 is 0 Å². The predicted octanol–water partition coefficient (Wildman–Crippen LogP) is 2.32. The van der Waals surface area contributed by atoms with Crippen molar-refractivity contribution < 1.29 is 0 Å². The standard InChI is InChI=1S/C8H11N/c1-4-7(3)6-8(9)5-2/h4-6,9H,1-2H2,3H3/b7-6+,9-8?. The summed E-state index contributed by atoms with van der Waals surface area (Å²) in [7, 11) is 0. The van der Waals surface area contributed by atoms with Gasteiger partial charge < -0.3 is 5.41 Å². The Bertz CT molecular complexity index is 163. The van der Waals surface area contributed by atoms with Crippen LogP contribution in [0.15, 0.2) is 37.0 Å². The average molecular weight is 121 g/mol. The summed E-state index contributed by atoms with van der Waals surface area (Å²) in [5, 5.41) is 7.13. The maximum Gasteiger partial charge on any atom is 0.0536 e. The molecule has 0 aromatic rings. The molecular weight excluding hydrogens is 110 g/mol. The molecule has 0 radical (unpaired) electrons. The summed E-state index contributed by atoms with van der Waals surface area (Å²) in [5.41, 5.74) is 1.41. The Morgan fingerprint density at radius 1 is 1.33 bits per heavy atom. The fourth-order valence-electron chi connectivity index (χ4n) is 0.363. The van der Waals surface area contributed by atoms with E-state index in [-0.39, 0.29) is 0 Å². The second kappa shape index (κ2) is 3.84. The molecule has 0 fully saturated rings. The van der Waals surface area contributed by atoms with Crippen LogP contribution in [0.4, 0.5) is 0 Å². The van der Waals surface area contributed by atoms with Crippen LogP contribution in [0.25, 0.3) is 0 Å². The van der Waals surface area contributed by atoms with E-state index in [0.717, 1.165) is 5.57 Å². The van der Waals surface area contributed by atoms with E-state index in [4.69, 9.17) is 5.41 Å². The molecule has 0 amide bonds. The molecule has 1 nitrogen and oxygen atoms in total. The SMILES string of the molecule is C=CC(=N)/C=C(\C)C=C. The lowest BCUT2D eigenvalue weighted by Crippen LogP contribution is -1.82. The Labute approximate surface area is 55.9 Å². The fourth-order valence-corrected chi connectivity index (χ4v) is 0.363. The monoisotopic (exact) mass is 121 g/mol. The Morgan fingerprint density at radius 3 is 2.22 bits per heavy atom. The first-order chi connectivity index (χ1) is 4.20. The molecule has 1 N–H and O–H groups in total. The minimum absolute atomic E-state index is 0.424. The van der Waals surface area contributed by atoms with E-state index in [2.05, 4.69) is 13.2 Å². The molecule has 9 heavy (non-hydrogen) atoms. The van der Waals surface area contributed by atoms with Gasteiger partial charge in [-0.2, -0.15) is 0 Å². The van der Waals surface area contributed by atoms with Crippen LogP contribution in [-0.4, -0.2) is 5.71 Å². The van der Waals surface area contributed by atoms with E-state index in [1.807, 2.05) is 6.92 Å². The van der Waals surface area contributed by atoms with E-state index in [1.54, 1.807) is 12.2 Å². The van der Waals surface area contributed by atoms with Gasteiger partial charge in [-0.1, -0.05) is 19.2 Å². The van der Waals surface area contributed by atoms with Gasteiger partial charge in [0.1, 0.15) is 0 Å². The quantitative estimate of drug-likeness (QED) is 0.437. The molecule has 0 saturated heterocycles. The van der Waals surface area contributed by atoms with Gasteiger partial charge in [-0.15, -0.1) is 0 Å². The minimum Gasteiger partial charge on any atom is -0.301 e. The van der Waals surface area contributed by atoms with Gasteiger partial charge in [-0.3, -0.25) is 0 Å². The second-order valence-corrected chi connectivity index (χ2v) is 1.75. The van der Waals surface area contributed by atoms with E-state index in [9.17, 15) is 0 Å². The zero-order valence-corrected chi connectivity index (χ0v) is 5.65. The van der Waals surface area contributed by atoms with Gasteiger partial charge in [0.25, 0.3) is 0 Å². The van der Waals surface area contributed by atoms with Crippen LogP contribution in [0.2, 0.25) is 0 Å². The third-order valence-corrected chi connectivity index (χ3v) is 0.925. The first-order valence-corrected chi connectivity index (χ1v) is 2.72. The predicted molar refractivity (Wildman–Crippen MR) is 41.9 cm³/mol. The number of rotatable bonds is 3. The second-order valence-electron chi connectivity index (χ2n) is 1.75. The van der Waals surface area contributed by atoms with Gasteiger partial charge in [0.05, 0.1) is 5.71 Å². The van der Waals surface area contributed by atoms with Gasteiger partial charge in [-0.05, 0) is 24.6 Å². The first kappa shape index (κ1) is 7.89. The molecule has 0 saturated carbocycles. The van der Waals surface area contributed by atoms with Crippen LogP contribution in [0.5, 0.6) is 0 Å². The average Bonchev–Trinajstić information content (AvgIpc) is 1.87. The number of hydrogen-bond donors (Lipinski definition) is 1. The van der Waals surface area contributed by atoms with Crippen molar-refractivity contribution in [1.29, 1.82) is 5.41 Å². The molecule has 0 spiro atoms. The summed E-state index contributed by atoms with van der Waals surface area (Å²) in [6.07, 6.45) is 4.91. The highest BCUT2D eigenvalue weighted by Gasteiger charge is 1.81. The van der Waals surface area contributed by atoms with Crippen LogP contribution < -0.4 is 0 Å². The molecule has 0 unspecified atom stereocenters. The molecular formula is C8H11N. The highest BCUT2D eigenvalue weighted by Crippen LogP contribution is 1.92. The maximum absolute atomic E-state index is 7.13. The Hall–Kier alpha value is -1.11. The lowest BCUT2D eigenvalue weighted by atomic mass is 10.2. The molecule has 0 aliphatic carbocycles. The molecule has 0 aromatic carbocycles. The van der Waals surface area contributed by atoms with Crippen molar-refractivity contribution in [2.24, 2.45) is 0 Å². The van der Waals surface area contributed by atoms with Gasteiger partial charge in [0.2, 0.25) is 0 Å². The maximum atomic E-state index is 7.13. The van der Waals surface area contributed by atoms with Crippen LogP contribution >= 0.6 is 0 Å². The van der Waals surface area contributed by atoms with Gasteiger partial charge in [-0.25, -0.2) is 0 Å². The topological polar surface area (TPSA) is 23.9 Å². The highest BCUT2D eigenvalue weighted by atomic mass is 14.4. The molecule has 0 aliphatic heterocycles. The summed E-state index contributed by atoms with van der Waals surface area (Å²) in [4.78, 5) is 0. The first-order valence-electron chi connectivity index (χ1n) is 2.72. The number of hydrogen-bond acceptors (Lipinski definition) is 1.